The molecular weight excluding hydrogens is 274 g/mol. The first kappa shape index (κ1) is 16.8. The summed E-state index contributed by atoms with van der Waals surface area (Å²) in [5, 5.41) is 2.41. The Morgan fingerprint density at radius 1 is 1.29 bits per heavy atom. The Morgan fingerprint density at radius 2 is 2.00 bits per heavy atom. The van der Waals surface area contributed by atoms with Gasteiger partial charge in [0.25, 0.3) is 0 Å². The molecule has 0 saturated heterocycles. The fourth-order valence-electron chi connectivity index (χ4n) is 1.66. The number of amides is 1. The highest BCUT2D eigenvalue weighted by atomic mass is 16.5. The minimum absolute atomic E-state index is 0.0790. The van der Waals surface area contributed by atoms with Gasteiger partial charge < -0.3 is 14.8 Å². The maximum absolute atomic E-state index is 11.7. The van der Waals surface area contributed by atoms with Crippen LogP contribution in [0, 0.1) is 0 Å². The molecule has 1 amide bonds. The fourth-order valence-corrected chi connectivity index (χ4v) is 1.66. The van der Waals surface area contributed by atoms with Crippen LogP contribution in [-0.2, 0) is 30.5 Å². The van der Waals surface area contributed by atoms with Gasteiger partial charge in [-0.1, -0.05) is 30.3 Å². The topological polar surface area (TPSA) is 81.7 Å². The molecular formula is C15H19NO5. The van der Waals surface area contributed by atoms with E-state index < -0.39 is 12.2 Å². The van der Waals surface area contributed by atoms with Gasteiger partial charge in [-0.05, 0) is 12.5 Å². The number of ether oxygens (including phenoxy) is 2. The van der Waals surface area contributed by atoms with E-state index in [1.165, 1.54) is 0 Å². The normalized spacial score (nSPS) is 11.5. The summed E-state index contributed by atoms with van der Waals surface area (Å²) in [4.78, 5) is 33.4. The molecule has 6 nitrogen and oxygen atoms in total. The van der Waals surface area contributed by atoms with Gasteiger partial charge in [0.1, 0.15) is 18.4 Å². The maximum Gasteiger partial charge on any atom is 0.313 e. The molecule has 0 aromatic heterocycles. The Labute approximate surface area is 123 Å². The molecule has 0 aliphatic heterocycles. The van der Waals surface area contributed by atoms with Gasteiger partial charge in [-0.25, -0.2) is 0 Å². The minimum atomic E-state index is -0.760. The Kier molecular flexibility index (Phi) is 7.74. The third-order valence-corrected chi connectivity index (χ3v) is 2.61. The molecule has 0 aliphatic rings. The third-order valence-electron chi connectivity index (χ3n) is 2.61. The number of ketones is 1. The lowest BCUT2D eigenvalue weighted by atomic mass is 10.2. The van der Waals surface area contributed by atoms with Crippen molar-refractivity contribution in [2.45, 2.75) is 32.6 Å². The molecule has 1 rings (SSSR count). The summed E-state index contributed by atoms with van der Waals surface area (Å²) in [7, 11) is 0. The van der Waals surface area contributed by atoms with Crippen LogP contribution in [0.3, 0.4) is 0 Å². The molecule has 1 N–H and O–H groups in total. The summed E-state index contributed by atoms with van der Waals surface area (Å²) in [6.45, 7) is 2.16. The molecule has 1 aromatic carbocycles. The SMILES string of the molecule is CCOC(=O)CC(=O)CC(NC=O)OCc1ccccc1. The van der Waals surface area contributed by atoms with Crippen molar-refractivity contribution in [1.29, 1.82) is 0 Å². The van der Waals surface area contributed by atoms with Crippen LogP contribution in [0.5, 0.6) is 0 Å². The van der Waals surface area contributed by atoms with E-state index in [0.717, 1.165) is 5.56 Å². The van der Waals surface area contributed by atoms with Crippen molar-refractivity contribution >= 4 is 18.2 Å². The molecule has 0 spiro atoms. The molecule has 21 heavy (non-hydrogen) atoms. The van der Waals surface area contributed by atoms with Crippen LogP contribution >= 0.6 is 0 Å². The van der Waals surface area contributed by atoms with Crippen molar-refractivity contribution in [2.75, 3.05) is 6.61 Å². The zero-order valence-corrected chi connectivity index (χ0v) is 11.9. The van der Waals surface area contributed by atoms with Crippen molar-refractivity contribution in [1.82, 2.24) is 5.32 Å². The van der Waals surface area contributed by atoms with Crippen LogP contribution in [0.2, 0.25) is 0 Å². The van der Waals surface area contributed by atoms with Gasteiger partial charge in [-0.2, -0.15) is 0 Å². The molecule has 114 valence electrons. The first-order chi connectivity index (χ1) is 10.2. The number of nitrogens with one attached hydrogen (secondary N) is 1. The second kappa shape index (κ2) is 9.66. The lowest BCUT2D eigenvalue weighted by Crippen LogP contribution is -2.33. The summed E-state index contributed by atoms with van der Waals surface area (Å²) < 4.78 is 10.2. The first-order valence-electron chi connectivity index (χ1n) is 6.68. The van der Waals surface area contributed by atoms with Crippen molar-refractivity contribution in [3.05, 3.63) is 35.9 Å². The van der Waals surface area contributed by atoms with Crippen molar-refractivity contribution in [3.63, 3.8) is 0 Å². The van der Waals surface area contributed by atoms with Crippen molar-refractivity contribution < 1.29 is 23.9 Å². The lowest BCUT2D eigenvalue weighted by molar-refractivity contribution is -0.146. The zero-order chi connectivity index (χ0) is 15.5. The third kappa shape index (κ3) is 7.22. The van der Waals surface area contributed by atoms with Gasteiger partial charge in [0.05, 0.1) is 19.6 Å². The molecule has 0 saturated carbocycles. The molecule has 0 heterocycles. The van der Waals surface area contributed by atoms with E-state index in [0.29, 0.717) is 6.41 Å². The second-order valence-corrected chi connectivity index (χ2v) is 4.29. The number of hydrogen-bond acceptors (Lipinski definition) is 5. The van der Waals surface area contributed by atoms with Gasteiger partial charge in [0, 0.05) is 0 Å². The van der Waals surface area contributed by atoms with E-state index in [9.17, 15) is 14.4 Å². The highest BCUT2D eigenvalue weighted by Crippen LogP contribution is 2.06. The molecule has 0 bridgehead atoms. The highest BCUT2D eigenvalue weighted by molar-refractivity contribution is 5.95. The number of hydrogen-bond donors (Lipinski definition) is 1. The molecule has 6 heteroatoms. The highest BCUT2D eigenvalue weighted by Gasteiger charge is 2.17. The predicted octanol–water partition coefficient (Wildman–Crippen LogP) is 1.19. The first-order valence-corrected chi connectivity index (χ1v) is 6.68. The standard InChI is InChI=1S/C15H19NO5/c1-2-20-15(19)9-13(18)8-14(16-11-17)21-10-12-6-4-3-5-7-12/h3-7,11,14H,2,8-10H2,1H3,(H,16,17). The van der Waals surface area contributed by atoms with Crippen LogP contribution in [-0.4, -0.2) is 31.0 Å². The van der Waals surface area contributed by atoms with Gasteiger partial charge in [0.15, 0.2) is 0 Å². The van der Waals surface area contributed by atoms with Crippen molar-refractivity contribution in [2.24, 2.45) is 0 Å². The van der Waals surface area contributed by atoms with Crippen molar-refractivity contribution in [3.8, 4) is 0 Å². The summed E-state index contributed by atoms with van der Waals surface area (Å²) in [5.41, 5.74) is 0.924. The Hall–Kier alpha value is -2.21. The predicted molar refractivity (Wildman–Crippen MR) is 75.1 cm³/mol. The lowest BCUT2D eigenvalue weighted by Gasteiger charge is -2.16. The smallest absolute Gasteiger partial charge is 0.313 e. The van der Waals surface area contributed by atoms with Crippen LogP contribution in [0.4, 0.5) is 0 Å². The largest absolute Gasteiger partial charge is 0.466 e. The number of carbonyl (C=O) groups is 3. The number of Topliss-reactive ketones (excluding diaryl/α,β-unsaturated/α-hetero) is 1. The average Bonchev–Trinajstić information content (AvgIpc) is 2.46. The van der Waals surface area contributed by atoms with Gasteiger partial charge >= 0.3 is 5.97 Å². The fraction of sp³-hybridized carbons (Fsp3) is 0.400. The molecule has 0 aliphatic carbocycles. The van der Waals surface area contributed by atoms with Gasteiger partial charge in [-0.3, -0.25) is 14.4 Å². The molecule has 1 atom stereocenters. The quantitative estimate of drug-likeness (QED) is 0.303. The van der Waals surface area contributed by atoms with E-state index in [-0.39, 0.29) is 31.8 Å². The number of carbonyl (C=O) groups excluding carboxylic acids is 3. The van der Waals surface area contributed by atoms with E-state index in [1.54, 1.807) is 6.92 Å². The summed E-state index contributed by atoms with van der Waals surface area (Å²) >= 11 is 0. The second-order valence-electron chi connectivity index (χ2n) is 4.29. The Balaban J connectivity index is 2.43. The summed E-state index contributed by atoms with van der Waals surface area (Å²) in [5.74, 6) is -0.920. The van der Waals surface area contributed by atoms with Crippen LogP contribution in [0.1, 0.15) is 25.3 Å². The van der Waals surface area contributed by atoms with E-state index >= 15 is 0 Å². The number of esters is 1. The minimum Gasteiger partial charge on any atom is -0.466 e. The van der Waals surface area contributed by atoms with Crippen LogP contribution in [0.25, 0.3) is 0 Å². The zero-order valence-electron chi connectivity index (χ0n) is 11.9. The molecule has 1 aromatic rings. The summed E-state index contributed by atoms with van der Waals surface area (Å²) in [6.07, 6.45) is -0.693. The number of rotatable bonds is 10. The number of benzene rings is 1. The van der Waals surface area contributed by atoms with Crippen LogP contribution < -0.4 is 5.32 Å². The average molecular weight is 293 g/mol. The van der Waals surface area contributed by atoms with Gasteiger partial charge in [-0.15, -0.1) is 0 Å². The van der Waals surface area contributed by atoms with E-state index in [4.69, 9.17) is 9.47 Å². The molecule has 0 fully saturated rings. The molecule has 1 unspecified atom stereocenters. The Morgan fingerprint density at radius 3 is 2.62 bits per heavy atom. The Bertz CT molecular complexity index is 460. The van der Waals surface area contributed by atoms with E-state index in [2.05, 4.69) is 5.32 Å². The molecule has 0 radical (unpaired) electrons. The van der Waals surface area contributed by atoms with Gasteiger partial charge in [0.2, 0.25) is 6.41 Å². The summed E-state index contributed by atoms with van der Waals surface area (Å²) in [6, 6.07) is 9.36. The maximum atomic E-state index is 11.7. The van der Waals surface area contributed by atoms with E-state index in [1.807, 2.05) is 30.3 Å². The van der Waals surface area contributed by atoms with Crippen LogP contribution in [0.15, 0.2) is 30.3 Å². The monoisotopic (exact) mass is 293 g/mol.